The number of nitrogens with one attached hydrogen (secondary N) is 1. The van der Waals surface area contributed by atoms with Crippen molar-refractivity contribution in [3.8, 4) is 17.2 Å². The molecule has 2 aromatic carbocycles. The summed E-state index contributed by atoms with van der Waals surface area (Å²) in [5, 5.41) is 11.0. The summed E-state index contributed by atoms with van der Waals surface area (Å²) < 4.78 is 13.4. The molecule has 4 aromatic rings. The third-order valence-corrected chi connectivity index (χ3v) is 5.84. The lowest BCUT2D eigenvalue weighted by molar-refractivity contribution is -0.115. The Bertz CT molecular complexity index is 1320. The normalized spacial score (nSPS) is 11.8. The fourth-order valence-corrected chi connectivity index (χ4v) is 3.87. The molecule has 0 fully saturated rings. The minimum atomic E-state index is -0.467. The molecule has 0 aliphatic carbocycles. The zero-order valence-electron chi connectivity index (χ0n) is 17.7. The molecule has 0 saturated carbocycles. The van der Waals surface area contributed by atoms with Gasteiger partial charge in [-0.15, -0.1) is 10.2 Å². The summed E-state index contributed by atoms with van der Waals surface area (Å²) in [6.45, 7) is 1.77. The van der Waals surface area contributed by atoms with Gasteiger partial charge in [-0.3, -0.25) is 18.6 Å². The van der Waals surface area contributed by atoms with Crippen LogP contribution in [0.15, 0.2) is 70.9 Å². The van der Waals surface area contributed by atoms with E-state index in [0.717, 1.165) is 0 Å². The van der Waals surface area contributed by atoms with E-state index in [1.807, 2.05) is 0 Å². The summed E-state index contributed by atoms with van der Waals surface area (Å²) in [6.07, 6.45) is 3.34. The van der Waals surface area contributed by atoms with Crippen molar-refractivity contribution in [3.63, 3.8) is 0 Å². The van der Waals surface area contributed by atoms with Crippen LogP contribution in [0, 0.1) is 0 Å². The zero-order valence-corrected chi connectivity index (χ0v) is 18.5. The van der Waals surface area contributed by atoms with Crippen LogP contribution < -0.4 is 20.3 Å². The van der Waals surface area contributed by atoms with Crippen molar-refractivity contribution < 1.29 is 14.3 Å². The van der Waals surface area contributed by atoms with Crippen molar-refractivity contribution in [2.75, 3.05) is 19.5 Å². The van der Waals surface area contributed by atoms with Gasteiger partial charge in [0.1, 0.15) is 11.5 Å². The summed E-state index contributed by atoms with van der Waals surface area (Å²) in [4.78, 5) is 25.6. The first-order valence-corrected chi connectivity index (χ1v) is 10.6. The quantitative estimate of drug-likeness (QED) is 0.431. The Labute approximate surface area is 188 Å². The molecule has 164 valence electrons. The summed E-state index contributed by atoms with van der Waals surface area (Å²) >= 11 is 1.22. The highest BCUT2D eigenvalue weighted by atomic mass is 32.2. The van der Waals surface area contributed by atoms with E-state index in [-0.39, 0.29) is 17.1 Å². The number of rotatable bonds is 7. The van der Waals surface area contributed by atoms with Crippen LogP contribution in [0.25, 0.3) is 11.3 Å². The number of carbonyl (C=O) groups is 1. The van der Waals surface area contributed by atoms with Gasteiger partial charge in [0.15, 0.2) is 5.16 Å². The second kappa shape index (κ2) is 9.15. The first-order valence-electron chi connectivity index (χ1n) is 9.72. The maximum absolute atomic E-state index is 13.0. The predicted octanol–water partition coefficient (Wildman–Crippen LogP) is 3.02. The highest BCUT2D eigenvalue weighted by molar-refractivity contribution is 8.00. The fourth-order valence-electron chi connectivity index (χ4n) is 3.04. The maximum Gasteiger partial charge on any atom is 0.300 e. The van der Waals surface area contributed by atoms with E-state index in [1.54, 1.807) is 86.5 Å². The van der Waals surface area contributed by atoms with Crippen LogP contribution >= 0.6 is 11.8 Å². The molecule has 2 aromatic heterocycles. The molecule has 1 amide bonds. The molecule has 10 heteroatoms. The molecular weight excluding hydrogens is 430 g/mol. The van der Waals surface area contributed by atoms with Crippen molar-refractivity contribution >= 4 is 29.0 Å². The first kappa shape index (κ1) is 21.4. The molecule has 1 N–H and O–H groups in total. The summed E-state index contributed by atoms with van der Waals surface area (Å²) in [5.41, 5.74) is 1.16. The summed E-state index contributed by atoms with van der Waals surface area (Å²) in [5.74, 6) is 1.16. The van der Waals surface area contributed by atoms with Crippen molar-refractivity contribution in [2.24, 2.45) is 0 Å². The average molecular weight is 452 g/mol. The lowest BCUT2D eigenvalue weighted by atomic mass is 10.3. The number of hydrogen-bond acceptors (Lipinski definition) is 7. The number of aromatic nitrogens is 4. The van der Waals surface area contributed by atoms with Crippen molar-refractivity contribution in [2.45, 2.75) is 17.3 Å². The third-order valence-electron chi connectivity index (χ3n) is 4.78. The average Bonchev–Trinajstić information content (AvgIpc) is 3.23. The van der Waals surface area contributed by atoms with Gasteiger partial charge >= 0.3 is 5.56 Å². The highest BCUT2D eigenvalue weighted by Crippen LogP contribution is 2.23. The monoisotopic (exact) mass is 451 g/mol. The van der Waals surface area contributed by atoms with Gasteiger partial charge < -0.3 is 14.8 Å². The van der Waals surface area contributed by atoms with Crippen molar-refractivity contribution in [1.29, 1.82) is 0 Å². The minimum absolute atomic E-state index is 0.167. The number of thioether (sulfide) groups is 1. The van der Waals surface area contributed by atoms with Gasteiger partial charge in [0.05, 0.1) is 25.2 Å². The summed E-state index contributed by atoms with van der Waals surface area (Å²) in [6, 6.07) is 14.2. The van der Waals surface area contributed by atoms with Gasteiger partial charge in [-0.05, 0) is 43.3 Å². The number of benzene rings is 2. The largest absolute Gasteiger partial charge is 0.497 e. The van der Waals surface area contributed by atoms with E-state index in [0.29, 0.717) is 28.0 Å². The number of fused-ring (bicyclic) bond motifs is 1. The molecule has 0 bridgehead atoms. The number of hydrogen-bond donors (Lipinski definition) is 1. The molecule has 2 heterocycles. The lowest BCUT2D eigenvalue weighted by Gasteiger charge is -2.12. The van der Waals surface area contributed by atoms with Gasteiger partial charge in [-0.2, -0.15) is 0 Å². The number of nitrogens with zero attached hydrogens (tertiary/aromatic N) is 4. The van der Waals surface area contributed by atoms with Crippen molar-refractivity contribution in [3.05, 3.63) is 71.3 Å². The molecular formula is C22H21N5O4S. The standard InChI is InChI=1S/C22H21N5O4S/c1-14(20(28)23-15-7-9-17(30-2)10-8-15)32-22-25-24-19-21(29)26(11-12-27(19)22)16-5-4-6-18(13-16)31-3/h4-14H,1-3H3,(H,23,28)/t14-/m1/s1. The van der Waals surface area contributed by atoms with E-state index in [9.17, 15) is 9.59 Å². The van der Waals surface area contributed by atoms with Crippen LogP contribution in [0.3, 0.4) is 0 Å². The molecule has 1 atom stereocenters. The van der Waals surface area contributed by atoms with Crippen molar-refractivity contribution in [1.82, 2.24) is 19.2 Å². The second-order valence-corrected chi connectivity index (χ2v) is 8.14. The summed E-state index contributed by atoms with van der Waals surface area (Å²) in [7, 11) is 3.15. The van der Waals surface area contributed by atoms with E-state index in [4.69, 9.17) is 9.47 Å². The van der Waals surface area contributed by atoms with Gasteiger partial charge in [0.25, 0.3) is 0 Å². The second-order valence-electron chi connectivity index (χ2n) is 6.83. The molecule has 0 aliphatic heterocycles. The van der Waals surface area contributed by atoms with E-state index in [2.05, 4.69) is 15.5 Å². The highest BCUT2D eigenvalue weighted by Gasteiger charge is 2.19. The van der Waals surface area contributed by atoms with Crippen LogP contribution in [-0.4, -0.2) is 44.5 Å². The topological polar surface area (TPSA) is 99.8 Å². The molecule has 32 heavy (non-hydrogen) atoms. The Kier molecular flexibility index (Phi) is 6.13. The smallest absolute Gasteiger partial charge is 0.300 e. The Hall–Kier alpha value is -3.79. The Morgan fingerprint density at radius 2 is 1.78 bits per heavy atom. The first-order chi connectivity index (χ1) is 15.5. The Balaban J connectivity index is 1.54. The van der Waals surface area contributed by atoms with E-state index in [1.165, 1.54) is 16.3 Å². The predicted molar refractivity (Wildman–Crippen MR) is 122 cm³/mol. The molecule has 0 saturated heterocycles. The van der Waals surface area contributed by atoms with Crippen LogP contribution in [0.4, 0.5) is 5.69 Å². The third kappa shape index (κ3) is 4.30. The van der Waals surface area contributed by atoms with Crippen LogP contribution in [0.2, 0.25) is 0 Å². The minimum Gasteiger partial charge on any atom is -0.497 e. The van der Waals surface area contributed by atoms with Gasteiger partial charge in [-0.1, -0.05) is 17.8 Å². The molecule has 9 nitrogen and oxygen atoms in total. The number of ether oxygens (including phenoxy) is 2. The Morgan fingerprint density at radius 3 is 2.50 bits per heavy atom. The van der Waals surface area contributed by atoms with Crippen LogP contribution in [-0.2, 0) is 4.79 Å². The molecule has 0 spiro atoms. The number of carbonyl (C=O) groups excluding carboxylic acids is 1. The van der Waals surface area contributed by atoms with Crippen LogP contribution in [0.5, 0.6) is 11.5 Å². The van der Waals surface area contributed by atoms with E-state index < -0.39 is 5.25 Å². The van der Waals surface area contributed by atoms with Gasteiger partial charge in [-0.25, -0.2) is 0 Å². The number of amides is 1. The zero-order chi connectivity index (χ0) is 22.7. The number of methoxy groups -OCH3 is 2. The van der Waals surface area contributed by atoms with Gasteiger partial charge in [0, 0.05) is 24.1 Å². The molecule has 4 rings (SSSR count). The molecule has 0 radical (unpaired) electrons. The van der Waals surface area contributed by atoms with Gasteiger partial charge in [0.2, 0.25) is 11.6 Å². The fraction of sp³-hybridized carbons (Fsp3) is 0.182. The lowest BCUT2D eigenvalue weighted by Crippen LogP contribution is -2.23. The Morgan fingerprint density at radius 1 is 1.03 bits per heavy atom. The molecule has 0 aliphatic rings. The number of anilines is 1. The SMILES string of the molecule is COc1ccc(NC(=O)[C@@H](C)Sc2nnc3c(=O)n(-c4cccc(OC)c4)ccn23)cc1. The van der Waals surface area contributed by atoms with E-state index >= 15 is 0 Å². The maximum atomic E-state index is 13.0. The molecule has 0 unspecified atom stereocenters. The van der Waals surface area contributed by atoms with Crippen LogP contribution in [0.1, 0.15) is 6.92 Å².